The van der Waals surface area contributed by atoms with Crippen LogP contribution in [0.25, 0.3) is 22.6 Å². The molecule has 0 saturated carbocycles. The number of hydrogen-bond acceptors (Lipinski definition) is 5. The number of carbonyl (C=O) groups is 2. The number of carbonyl (C=O) groups excluding carboxylic acids is 2. The van der Waals surface area contributed by atoms with E-state index in [-0.39, 0.29) is 12.5 Å². The molecule has 1 aliphatic rings. The minimum absolute atomic E-state index is 0.314. The number of nitrogens with zero attached hydrogens (tertiary/aromatic N) is 1. The summed E-state index contributed by atoms with van der Waals surface area (Å²) in [6, 6.07) is 11.3. The number of para-hydroxylation sites is 1. The second-order valence-electron chi connectivity index (χ2n) is 7.28. The highest BCUT2D eigenvalue weighted by Crippen LogP contribution is 2.38. The molecule has 6 nitrogen and oxygen atoms in total. The number of nitrogens with one attached hydrogen (secondary N) is 1. The fraction of sp³-hybridized carbons (Fsp3) is 0.261. The van der Waals surface area contributed by atoms with Crippen LogP contribution in [0.5, 0.6) is 0 Å². The van der Waals surface area contributed by atoms with Gasteiger partial charge in [0, 0.05) is 12.4 Å². The standard InChI is InChI=1S/C23H22N2O4/c1-14-10-15(12-16-6-5-9-28-16)22-18(11-14)21(23(27)29-13-20(26)24-2)17-7-3-4-8-19(17)25-22/h3-9,12,14H,10-11,13H2,1-2H3,(H,24,26)/b15-12-/t14-/m0/s1. The Bertz CT molecular complexity index is 1100. The lowest BCUT2D eigenvalue weighted by molar-refractivity contribution is -0.123. The monoisotopic (exact) mass is 390 g/mol. The quantitative estimate of drug-likeness (QED) is 0.684. The summed E-state index contributed by atoms with van der Waals surface area (Å²) < 4.78 is 10.8. The zero-order valence-electron chi connectivity index (χ0n) is 16.4. The summed E-state index contributed by atoms with van der Waals surface area (Å²) in [5.41, 5.74) is 3.90. The normalized spacial score (nSPS) is 17.2. The van der Waals surface area contributed by atoms with Gasteiger partial charge in [-0.05, 0) is 54.2 Å². The molecule has 0 aliphatic heterocycles. The first-order valence-electron chi connectivity index (χ1n) is 9.60. The Labute approximate surface area is 168 Å². The van der Waals surface area contributed by atoms with Gasteiger partial charge in [-0.25, -0.2) is 9.78 Å². The van der Waals surface area contributed by atoms with Gasteiger partial charge in [-0.15, -0.1) is 0 Å². The molecule has 0 saturated heterocycles. The van der Waals surface area contributed by atoms with E-state index in [4.69, 9.17) is 14.1 Å². The van der Waals surface area contributed by atoms with E-state index in [1.807, 2.05) is 42.5 Å². The minimum atomic E-state index is -0.505. The van der Waals surface area contributed by atoms with Crippen LogP contribution in [0.15, 0.2) is 47.1 Å². The molecule has 1 aromatic carbocycles. The maximum Gasteiger partial charge on any atom is 0.339 e. The molecule has 148 valence electrons. The van der Waals surface area contributed by atoms with E-state index in [1.54, 1.807) is 6.26 Å². The lowest BCUT2D eigenvalue weighted by Gasteiger charge is -2.26. The fourth-order valence-corrected chi connectivity index (χ4v) is 3.79. The summed E-state index contributed by atoms with van der Waals surface area (Å²) in [4.78, 5) is 29.4. The molecule has 0 radical (unpaired) electrons. The number of rotatable bonds is 4. The molecule has 2 heterocycles. The van der Waals surface area contributed by atoms with Gasteiger partial charge < -0.3 is 14.5 Å². The van der Waals surface area contributed by atoms with Gasteiger partial charge in [-0.3, -0.25) is 4.79 Å². The van der Waals surface area contributed by atoms with Crippen LogP contribution in [0.3, 0.4) is 0 Å². The summed E-state index contributed by atoms with van der Waals surface area (Å²) in [6.45, 7) is 1.83. The van der Waals surface area contributed by atoms with Crippen LogP contribution in [0.2, 0.25) is 0 Å². The second kappa shape index (κ2) is 7.91. The predicted octanol–water partition coefficient (Wildman–Crippen LogP) is 3.85. The lowest BCUT2D eigenvalue weighted by atomic mass is 9.81. The van der Waals surface area contributed by atoms with Crippen molar-refractivity contribution in [3.05, 3.63) is 65.2 Å². The zero-order chi connectivity index (χ0) is 20.4. The molecule has 1 amide bonds. The highest BCUT2D eigenvalue weighted by molar-refractivity contribution is 6.07. The minimum Gasteiger partial charge on any atom is -0.465 e. The van der Waals surface area contributed by atoms with Crippen LogP contribution in [0.1, 0.15) is 40.7 Å². The molecule has 1 atom stereocenters. The Morgan fingerprint density at radius 1 is 1.24 bits per heavy atom. The number of fused-ring (bicyclic) bond motifs is 2. The molecular weight excluding hydrogens is 368 g/mol. The number of furan rings is 1. The lowest BCUT2D eigenvalue weighted by Crippen LogP contribution is -2.26. The number of esters is 1. The van der Waals surface area contributed by atoms with Gasteiger partial charge in [0.25, 0.3) is 5.91 Å². The largest absolute Gasteiger partial charge is 0.465 e. The molecular formula is C23H22N2O4. The first kappa shape index (κ1) is 18.9. The Morgan fingerprint density at radius 3 is 2.83 bits per heavy atom. The van der Waals surface area contributed by atoms with Gasteiger partial charge in [0.1, 0.15) is 5.76 Å². The van der Waals surface area contributed by atoms with Crippen LogP contribution in [0, 0.1) is 5.92 Å². The predicted molar refractivity (Wildman–Crippen MR) is 110 cm³/mol. The summed E-state index contributed by atoms with van der Waals surface area (Å²) in [5, 5.41) is 3.20. The third-order valence-electron chi connectivity index (χ3n) is 5.10. The average molecular weight is 390 g/mol. The molecule has 0 unspecified atom stereocenters. The van der Waals surface area contributed by atoms with Crippen molar-refractivity contribution in [3.8, 4) is 0 Å². The average Bonchev–Trinajstić information content (AvgIpc) is 3.23. The van der Waals surface area contributed by atoms with Crippen molar-refractivity contribution in [2.75, 3.05) is 13.7 Å². The van der Waals surface area contributed by atoms with Crippen molar-refractivity contribution < 1.29 is 18.7 Å². The van der Waals surface area contributed by atoms with Gasteiger partial charge in [-0.1, -0.05) is 25.1 Å². The number of allylic oxidation sites excluding steroid dienone is 1. The van der Waals surface area contributed by atoms with Crippen LogP contribution < -0.4 is 5.32 Å². The molecule has 1 N–H and O–H groups in total. The summed E-state index contributed by atoms with van der Waals surface area (Å²) >= 11 is 0. The molecule has 0 bridgehead atoms. The third-order valence-corrected chi connectivity index (χ3v) is 5.10. The first-order chi connectivity index (χ1) is 14.1. The Hall–Kier alpha value is -3.41. The van der Waals surface area contributed by atoms with Crippen LogP contribution in [0.4, 0.5) is 0 Å². The fourth-order valence-electron chi connectivity index (χ4n) is 3.79. The van der Waals surface area contributed by atoms with Gasteiger partial charge >= 0.3 is 5.97 Å². The second-order valence-corrected chi connectivity index (χ2v) is 7.28. The SMILES string of the molecule is CNC(=O)COC(=O)c1c2c(nc3ccccc13)/C(=C\c1ccco1)C[C@H](C)C2. The van der Waals surface area contributed by atoms with E-state index in [2.05, 4.69) is 12.2 Å². The first-order valence-corrected chi connectivity index (χ1v) is 9.60. The molecule has 0 fully saturated rings. The van der Waals surface area contributed by atoms with Crippen LogP contribution >= 0.6 is 0 Å². The van der Waals surface area contributed by atoms with Crippen molar-refractivity contribution in [3.63, 3.8) is 0 Å². The zero-order valence-corrected chi connectivity index (χ0v) is 16.4. The molecule has 29 heavy (non-hydrogen) atoms. The molecule has 3 aromatic rings. The number of hydrogen-bond donors (Lipinski definition) is 1. The third kappa shape index (κ3) is 3.78. The number of ether oxygens (including phenoxy) is 1. The molecule has 0 spiro atoms. The van der Waals surface area contributed by atoms with Crippen molar-refractivity contribution in [1.82, 2.24) is 10.3 Å². The maximum absolute atomic E-state index is 13.0. The topological polar surface area (TPSA) is 81.4 Å². The van der Waals surface area contributed by atoms with Crippen molar-refractivity contribution in [2.24, 2.45) is 5.92 Å². The number of benzene rings is 1. The molecule has 2 aromatic heterocycles. The van der Waals surface area contributed by atoms with E-state index < -0.39 is 5.97 Å². The van der Waals surface area contributed by atoms with Crippen molar-refractivity contribution >= 4 is 34.4 Å². The van der Waals surface area contributed by atoms with E-state index in [0.717, 1.165) is 39.9 Å². The molecule has 1 aliphatic carbocycles. The van der Waals surface area contributed by atoms with Gasteiger partial charge in [0.15, 0.2) is 6.61 Å². The molecule has 4 rings (SSSR count). The smallest absolute Gasteiger partial charge is 0.339 e. The van der Waals surface area contributed by atoms with Crippen LogP contribution in [-0.4, -0.2) is 30.5 Å². The summed E-state index contributed by atoms with van der Waals surface area (Å²) in [5.74, 6) is 0.225. The highest BCUT2D eigenvalue weighted by atomic mass is 16.5. The highest BCUT2D eigenvalue weighted by Gasteiger charge is 2.29. The maximum atomic E-state index is 13.0. The number of aromatic nitrogens is 1. The van der Waals surface area contributed by atoms with E-state index in [1.165, 1.54) is 7.05 Å². The van der Waals surface area contributed by atoms with Crippen molar-refractivity contribution in [2.45, 2.75) is 19.8 Å². The number of pyridine rings is 1. The van der Waals surface area contributed by atoms with Gasteiger partial charge in [-0.2, -0.15) is 0 Å². The molecule has 6 heteroatoms. The summed E-state index contributed by atoms with van der Waals surface area (Å²) in [6.07, 6.45) is 5.17. The Kier molecular flexibility index (Phi) is 5.16. The Morgan fingerprint density at radius 2 is 2.07 bits per heavy atom. The van der Waals surface area contributed by atoms with E-state index in [0.29, 0.717) is 17.9 Å². The van der Waals surface area contributed by atoms with E-state index in [9.17, 15) is 9.59 Å². The van der Waals surface area contributed by atoms with Gasteiger partial charge in [0.05, 0.1) is 23.0 Å². The van der Waals surface area contributed by atoms with Gasteiger partial charge in [0.2, 0.25) is 0 Å². The van der Waals surface area contributed by atoms with Crippen molar-refractivity contribution in [1.29, 1.82) is 0 Å². The number of amides is 1. The Balaban J connectivity index is 1.87. The number of likely N-dealkylation sites (N-methyl/N-ethyl adjacent to an activating group) is 1. The van der Waals surface area contributed by atoms with Crippen LogP contribution in [-0.2, 0) is 16.0 Å². The summed E-state index contributed by atoms with van der Waals surface area (Å²) in [7, 11) is 1.51. The van der Waals surface area contributed by atoms with E-state index >= 15 is 0 Å².